The molecule has 0 radical (unpaired) electrons. The van der Waals surface area contributed by atoms with Crippen molar-refractivity contribution in [3.05, 3.63) is 56.5 Å². The Bertz CT molecular complexity index is 631. The summed E-state index contributed by atoms with van der Waals surface area (Å²) in [6, 6.07) is 3.50. The van der Waals surface area contributed by atoms with Gasteiger partial charge in [-0.2, -0.15) is 0 Å². The number of hydrogen-bond acceptors (Lipinski definition) is 2. The number of benzene rings is 1. The van der Waals surface area contributed by atoms with Gasteiger partial charge in [0.05, 0.1) is 10.4 Å². The molecule has 1 nitrogen and oxygen atoms in total. The Morgan fingerprint density at radius 3 is 2.33 bits per heavy atom. The Morgan fingerprint density at radius 1 is 1.11 bits per heavy atom. The van der Waals surface area contributed by atoms with E-state index < -0.39 is 28.8 Å². The molecule has 0 atom stereocenters. The van der Waals surface area contributed by atoms with E-state index in [0.717, 1.165) is 17.0 Å². The highest BCUT2D eigenvalue weighted by atomic mass is 32.1. The van der Waals surface area contributed by atoms with Crippen molar-refractivity contribution in [2.45, 2.75) is 13.8 Å². The van der Waals surface area contributed by atoms with Crippen LogP contribution in [0.2, 0.25) is 0 Å². The molecule has 2 aromatic rings. The van der Waals surface area contributed by atoms with E-state index in [9.17, 15) is 18.0 Å². The summed E-state index contributed by atoms with van der Waals surface area (Å²) in [7, 11) is 0. The summed E-state index contributed by atoms with van der Waals surface area (Å²) >= 11 is 1.20. The molecule has 0 aliphatic rings. The van der Waals surface area contributed by atoms with Gasteiger partial charge >= 0.3 is 0 Å². The Balaban J connectivity index is 2.53. The average molecular weight is 270 g/mol. The van der Waals surface area contributed by atoms with Crippen LogP contribution in [-0.2, 0) is 0 Å². The van der Waals surface area contributed by atoms with Crippen molar-refractivity contribution < 1.29 is 18.0 Å². The maximum atomic E-state index is 13.5. The smallest absolute Gasteiger partial charge is 0.206 e. The maximum absolute atomic E-state index is 13.5. The van der Waals surface area contributed by atoms with Crippen molar-refractivity contribution in [1.82, 2.24) is 0 Å². The van der Waals surface area contributed by atoms with Crippen LogP contribution in [-0.4, -0.2) is 5.78 Å². The lowest BCUT2D eigenvalue weighted by molar-refractivity contribution is 0.103. The lowest BCUT2D eigenvalue weighted by Crippen LogP contribution is -2.06. The molecule has 1 aromatic heterocycles. The predicted octanol–water partition coefficient (Wildman–Crippen LogP) is 4.01. The zero-order chi connectivity index (χ0) is 13.4. The van der Waals surface area contributed by atoms with Gasteiger partial charge in [0, 0.05) is 4.88 Å². The lowest BCUT2D eigenvalue weighted by atomic mass is 10.1. The molecule has 1 aromatic carbocycles. The molecule has 2 rings (SSSR count). The third-order valence-electron chi connectivity index (χ3n) is 2.53. The van der Waals surface area contributed by atoms with Crippen LogP contribution >= 0.6 is 11.3 Å². The molecule has 1 heterocycles. The third-order valence-corrected chi connectivity index (χ3v) is 3.68. The third kappa shape index (κ3) is 2.06. The van der Waals surface area contributed by atoms with E-state index in [-0.39, 0.29) is 0 Å². The van der Waals surface area contributed by atoms with Gasteiger partial charge in [-0.1, -0.05) is 0 Å². The van der Waals surface area contributed by atoms with Crippen LogP contribution in [0.5, 0.6) is 0 Å². The van der Waals surface area contributed by atoms with E-state index in [4.69, 9.17) is 0 Å². The molecule has 0 bridgehead atoms. The van der Waals surface area contributed by atoms with Crippen molar-refractivity contribution >= 4 is 17.1 Å². The van der Waals surface area contributed by atoms with Crippen LogP contribution < -0.4 is 0 Å². The molecule has 0 N–H and O–H groups in total. The van der Waals surface area contributed by atoms with Crippen molar-refractivity contribution in [2.24, 2.45) is 0 Å². The molecule has 0 saturated carbocycles. The Labute approximate surface area is 106 Å². The largest absolute Gasteiger partial charge is 0.288 e. The second kappa shape index (κ2) is 4.57. The predicted molar refractivity (Wildman–Crippen MR) is 63.5 cm³/mol. The number of hydrogen-bond donors (Lipinski definition) is 0. The molecule has 0 aliphatic carbocycles. The molecular formula is C13H9F3OS. The minimum Gasteiger partial charge on any atom is -0.288 e. The van der Waals surface area contributed by atoms with Crippen LogP contribution in [0.15, 0.2) is 18.2 Å². The van der Waals surface area contributed by atoms with Gasteiger partial charge in [0.25, 0.3) is 0 Å². The maximum Gasteiger partial charge on any atom is 0.206 e. The summed E-state index contributed by atoms with van der Waals surface area (Å²) in [4.78, 5) is 13.3. The molecule has 0 fully saturated rings. The molecule has 0 spiro atoms. The van der Waals surface area contributed by atoms with E-state index in [1.54, 1.807) is 13.0 Å². The van der Waals surface area contributed by atoms with Gasteiger partial charge < -0.3 is 0 Å². The van der Waals surface area contributed by atoms with Gasteiger partial charge in [-0.05, 0) is 37.6 Å². The van der Waals surface area contributed by atoms with E-state index in [1.165, 1.54) is 11.3 Å². The summed E-state index contributed by atoms with van der Waals surface area (Å²) < 4.78 is 39.4. The highest BCUT2D eigenvalue weighted by molar-refractivity contribution is 7.14. The molecule has 5 heteroatoms. The summed E-state index contributed by atoms with van der Waals surface area (Å²) in [6.45, 7) is 3.53. The van der Waals surface area contributed by atoms with Gasteiger partial charge in [-0.15, -0.1) is 11.3 Å². The number of carbonyl (C=O) groups is 1. The van der Waals surface area contributed by atoms with Crippen molar-refractivity contribution in [3.8, 4) is 0 Å². The van der Waals surface area contributed by atoms with Gasteiger partial charge in [-0.3, -0.25) is 4.79 Å². The van der Waals surface area contributed by atoms with E-state index in [0.29, 0.717) is 10.4 Å². The molecule has 0 unspecified atom stereocenters. The highest BCUT2D eigenvalue weighted by Crippen LogP contribution is 2.26. The van der Waals surface area contributed by atoms with Crippen LogP contribution in [0, 0.1) is 31.3 Å². The fourth-order valence-corrected chi connectivity index (χ4v) is 2.67. The standard InChI is InChI=1S/C13H9F3OS/c1-6-5-7(2)18-13(6)12(17)8-3-4-9(14)11(16)10(8)15/h3-5H,1-2H3. The lowest BCUT2D eigenvalue weighted by Gasteiger charge is -2.03. The number of halogens is 3. The molecule has 0 amide bonds. The molecular weight excluding hydrogens is 261 g/mol. The quantitative estimate of drug-likeness (QED) is 0.595. The van der Waals surface area contributed by atoms with Gasteiger partial charge in [0.1, 0.15) is 0 Å². The monoisotopic (exact) mass is 270 g/mol. The second-order valence-electron chi connectivity index (χ2n) is 3.92. The summed E-state index contributed by atoms with van der Waals surface area (Å²) in [5.41, 5.74) is 0.255. The zero-order valence-corrected chi connectivity index (χ0v) is 10.5. The van der Waals surface area contributed by atoms with Crippen molar-refractivity contribution in [3.63, 3.8) is 0 Å². The van der Waals surface area contributed by atoms with E-state index in [1.807, 2.05) is 6.92 Å². The Hall–Kier alpha value is -1.62. The average Bonchev–Trinajstić information content (AvgIpc) is 2.65. The first-order valence-electron chi connectivity index (χ1n) is 5.17. The van der Waals surface area contributed by atoms with Gasteiger partial charge in [0.2, 0.25) is 5.78 Å². The summed E-state index contributed by atoms with van der Waals surface area (Å²) in [5.74, 6) is -4.98. The first-order valence-corrected chi connectivity index (χ1v) is 5.98. The summed E-state index contributed by atoms with van der Waals surface area (Å²) in [5, 5.41) is 0. The first-order chi connectivity index (χ1) is 8.41. The Kier molecular flexibility index (Phi) is 3.26. The van der Waals surface area contributed by atoms with Crippen LogP contribution in [0.1, 0.15) is 25.7 Å². The normalized spacial score (nSPS) is 10.7. The highest BCUT2D eigenvalue weighted by Gasteiger charge is 2.22. The minimum atomic E-state index is -1.62. The van der Waals surface area contributed by atoms with Crippen molar-refractivity contribution in [1.29, 1.82) is 0 Å². The molecule has 0 aliphatic heterocycles. The molecule has 18 heavy (non-hydrogen) atoms. The number of carbonyl (C=O) groups excluding carboxylic acids is 1. The van der Waals surface area contributed by atoms with Gasteiger partial charge in [0.15, 0.2) is 17.5 Å². The molecule has 94 valence electrons. The number of thiophene rings is 1. The minimum absolute atomic E-state index is 0.345. The topological polar surface area (TPSA) is 17.1 Å². The fraction of sp³-hybridized carbons (Fsp3) is 0.154. The van der Waals surface area contributed by atoms with Gasteiger partial charge in [-0.25, -0.2) is 13.2 Å². The number of ketones is 1. The SMILES string of the molecule is Cc1cc(C)c(C(=O)c2ccc(F)c(F)c2F)s1. The first kappa shape index (κ1) is 12.8. The second-order valence-corrected chi connectivity index (χ2v) is 5.18. The number of rotatable bonds is 2. The zero-order valence-electron chi connectivity index (χ0n) is 9.68. The van der Waals surface area contributed by atoms with E-state index in [2.05, 4.69) is 0 Å². The summed E-state index contributed by atoms with van der Waals surface area (Å²) in [6.07, 6.45) is 0. The van der Waals surface area contributed by atoms with Crippen molar-refractivity contribution in [2.75, 3.05) is 0 Å². The van der Waals surface area contributed by atoms with Crippen LogP contribution in [0.25, 0.3) is 0 Å². The Morgan fingerprint density at radius 2 is 1.78 bits per heavy atom. The number of aryl methyl sites for hydroxylation is 2. The van der Waals surface area contributed by atoms with E-state index >= 15 is 0 Å². The fourth-order valence-electron chi connectivity index (χ4n) is 1.69. The van der Waals surface area contributed by atoms with Crippen LogP contribution in [0.4, 0.5) is 13.2 Å². The molecule has 0 saturated heterocycles. The van der Waals surface area contributed by atoms with Crippen LogP contribution in [0.3, 0.4) is 0 Å².